The highest BCUT2D eigenvalue weighted by molar-refractivity contribution is 5.79. The third-order valence-corrected chi connectivity index (χ3v) is 7.32. The Morgan fingerprint density at radius 2 is 1.74 bits per heavy atom. The number of para-hydroxylation sites is 1. The summed E-state index contributed by atoms with van der Waals surface area (Å²) < 4.78 is 30.1. The number of nitrogens with two attached hydrogens (primary N) is 1. The van der Waals surface area contributed by atoms with E-state index in [9.17, 15) is 13.6 Å². The molecule has 1 saturated heterocycles. The van der Waals surface area contributed by atoms with E-state index in [1.54, 1.807) is 29.2 Å². The molecule has 3 aromatic heterocycles. The number of benzene rings is 2. The first kappa shape index (κ1) is 26.9. The summed E-state index contributed by atoms with van der Waals surface area (Å²) in [6.45, 7) is 5.30. The van der Waals surface area contributed by atoms with Gasteiger partial charge in [-0.05, 0) is 43.3 Å². The summed E-state index contributed by atoms with van der Waals surface area (Å²) in [5.41, 5.74) is 11.7. The topological polar surface area (TPSA) is 107 Å². The maximum absolute atomic E-state index is 13.4. The molecule has 0 radical (unpaired) electrons. The summed E-state index contributed by atoms with van der Waals surface area (Å²) in [6, 6.07) is 20.3. The number of nitrogens with one attached hydrogen (secondary N) is 1. The molecule has 1 fully saturated rings. The number of nitrogens with zero attached hydrogens (tertiary/aromatic N) is 6. The van der Waals surface area contributed by atoms with Crippen LogP contribution in [0.15, 0.2) is 90.5 Å². The second-order valence-corrected chi connectivity index (χ2v) is 10.2. The third-order valence-electron chi connectivity index (χ3n) is 7.32. The van der Waals surface area contributed by atoms with Crippen molar-refractivity contribution in [3.8, 4) is 28.2 Å². The minimum absolute atomic E-state index is 0.169. The summed E-state index contributed by atoms with van der Waals surface area (Å²) in [7, 11) is 1.84. The van der Waals surface area contributed by atoms with Gasteiger partial charge in [0, 0.05) is 41.4 Å². The van der Waals surface area contributed by atoms with Gasteiger partial charge in [-0.3, -0.25) is 9.48 Å². The van der Waals surface area contributed by atoms with E-state index < -0.39 is 5.92 Å². The van der Waals surface area contributed by atoms with Crippen LogP contribution in [0, 0.1) is 6.92 Å². The number of aromatic nitrogens is 5. The zero-order valence-corrected chi connectivity index (χ0v) is 23.1. The molecular formula is C31H28F2N8O. The number of pyridine rings is 1. The van der Waals surface area contributed by atoms with E-state index in [1.807, 2.05) is 73.3 Å². The normalized spacial score (nSPS) is 14.0. The van der Waals surface area contributed by atoms with Crippen LogP contribution in [0.25, 0.3) is 33.9 Å². The second-order valence-electron chi connectivity index (χ2n) is 10.2. The van der Waals surface area contributed by atoms with Gasteiger partial charge < -0.3 is 16.0 Å². The van der Waals surface area contributed by atoms with Crippen molar-refractivity contribution in [1.82, 2.24) is 24.3 Å². The van der Waals surface area contributed by atoms with Crippen LogP contribution in [0.5, 0.6) is 0 Å². The number of hydrogen-bond donors (Lipinski definition) is 2. The lowest BCUT2D eigenvalue weighted by Crippen LogP contribution is -2.56. The summed E-state index contributed by atoms with van der Waals surface area (Å²) in [4.78, 5) is 28.1. The minimum atomic E-state index is -2.69. The molecule has 0 bridgehead atoms. The Kier molecular flexibility index (Phi) is 6.56. The third kappa shape index (κ3) is 4.89. The first-order valence-corrected chi connectivity index (χ1v) is 13.2. The zero-order valence-electron chi connectivity index (χ0n) is 23.1. The van der Waals surface area contributed by atoms with Crippen LogP contribution < -0.4 is 21.5 Å². The number of halogens is 2. The van der Waals surface area contributed by atoms with Crippen LogP contribution in [-0.4, -0.2) is 43.3 Å². The van der Waals surface area contributed by atoms with Crippen LogP contribution in [0.2, 0.25) is 0 Å². The van der Waals surface area contributed by atoms with E-state index in [-0.39, 0.29) is 24.5 Å². The number of hydrogen-bond acceptors (Lipinski definition) is 7. The molecule has 4 heterocycles. The molecule has 11 heteroatoms. The van der Waals surface area contributed by atoms with E-state index in [1.165, 1.54) is 4.90 Å². The largest absolute Gasteiger partial charge is 0.382 e. The molecule has 3 N–H and O–H groups in total. The lowest BCUT2D eigenvalue weighted by Gasteiger charge is -2.39. The Balaban J connectivity index is 1.23. The first-order chi connectivity index (χ1) is 20.1. The van der Waals surface area contributed by atoms with Crippen molar-refractivity contribution in [3.63, 3.8) is 0 Å². The molecule has 0 atom stereocenters. The van der Waals surface area contributed by atoms with Crippen LogP contribution in [0.4, 0.5) is 26.1 Å². The highest BCUT2D eigenvalue weighted by Gasteiger charge is 2.44. The van der Waals surface area contributed by atoms with Gasteiger partial charge >= 0.3 is 0 Å². The molecule has 9 nitrogen and oxygen atoms in total. The van der Waals surface area contributed by atoms with Crippen molar-refractivity contribution in [1.29, 1.82) is 0 Å². The van der Waals surface area contributed by atoms with Gasteiger partial charge in [-0.25, -0.2) is 28.4 Å². The van der Waals surface area contributed by atoms with Crippen LogP contribution in [-0.2, 0) is 7.05 Å². The smallest absolute Gasteiger partial charge is 0.282 e. The molecule has 0 aliphatic carbocycles. The van der Waals surface area contributed by atoms with Gasteiger partial charge in [-0.15, -0.1) is 0 Å². The fourth-order valence-electron chi connectivity index (χ4n) is 5.04. The van der Waals surface area contributed by atoms with Gasteiger partial charge in [-0.2, -0.15) is 0 Å². The van der Waals surface area contributed by atoms with Gasteiger partial charge in [0.15, 0.2) is 0 Å². The van der Waals surface area contributed by atoms with E-state index in [4.69, 9.17) is 10.7 Å². The minimum Gasteiger partial charge on any atom is -0.382 e. The van der Waals surface area contributed by atoms with Crippen molar-refractivity contribution < 1.29 is 8.78 Å². The number of rotatable bonds is 7. The number of anilines is 3. The quantitative estimate of drug-likeness (QED) is 0.282. The molecule has 1 aliphatic heterocycles. The van der Waals surface area contributed by atoms with Crippen molar-refractivity contribution in [2.75, 3.05) is 29.0 Å². The van der Waals surface area contributed by atoms with E-state index in [0.717, 1.165) is 22.6 Å². The average molecular weight is 567 g/mol. The van der Waals surface area contributed by atoms with Gasteiger partial charge in [0.2, 0.25) is 0 Å². The fraction of sp³-hybridized carbons (Fsp3) is 0.161. The molecular weight excluding hydrogens is 538 g/mol. The molecule has 1 aliphatic rings. The predicted octanol–water partition coefficient (Wildman–Crippen LogP) is 5.12. The standard InChI is InChI=1S/C31H28F2N8O/c1-19(27-20(2)39(3)41(30(27)42)24-7-5-4-6-8-24)37-23-11-9-21(10-12-23)28-29(34)36-16-25(38-28)22-13-14-35-26(15-22)40-17-31(32,33)18-40/h4-16,37H,1,17-18H2,2-3H3,(H2,34,36). The SMILES string of the molecule is C=C(Nc1ccc(-c2nc(-c3ccnc(N4CC(F)(F)C4)c3)cnc2N)cc1)c1c(C)n(C)n(-c2ccccc2)c1=O. The molecule has 0 saturated carbocycles. The predicted molar refractivity (Wildman–Crippen MR) is 161 cm³/mol. The summed E-state index contributed by atoms with van der Waals surface area (Å²) >= 11 is 0. The first-order valence-electron chi connectivity index (χ1n) is 13.2. The molecule has 5 aromatic rings. The average Bonchev–Trinajstić information content (AvgIpc) is 3.20. The lowest BCUT2D eigenvalue weighted by atomic mass is 10.1. The molecule has 2 aromatic carbocycles. The van der Waals surface area contributed by atoms with E-state index in [0.29, 0.717) is 34.0 Å². The highest BCUT2D eigenvalue weighted by Crippen LogP contribution is 2.33. The fourth-order valence-corrected chi connectivity index (χ4v) is 5.04. The Bertz CT molecular complexity index is 1850. The Morgan fingerprint density at radius 3 is 2.43 bits per heavy atom. The zero-order chi connectivity index (χ0) is 29.6. The molecule has 0 amide bonds. The van der Waals surface area contributed by atoms with E-state index in [2.05, 4.69) is 21.9 Å². The second kappa shape index (κ2) is 10.3. The Morgan fingerprint density at radius 1 is 1.02 bits per heavy atom. The van der Waals surface area contributed by atoms with E-state index >= 15 is 0 Å². The van der Waals surface area contributed by atoms with Crippen LogP contribution in [0.1, 0.15) is 11.3 Å². The highest BCUT2D eigenvalue weighted by atomic mass is 19.3. The van der Waals surface area contributed by atoms with Crippen molar-refractivity contribution in [3.05, 3.63) is 107 Å². The van der Waals surface area contributed by atoms with Crippen molar-refractivity contribution >= 4 is 23.0 Å². The summed E-state index contributed by atoms with van der Waals surface area (Å²) in [5.74, 6) is -1.99. The maximum Gasteiger partial charge on any atom is 0.282 e. The molecule has 6 rings (SSSR count). The van der Waals surface area contributed by atoms with Gasteiger partial charge in [0.05, 0.1) is 36.2 Å². The maximum atomic E-state index is 13.4. The van der Waals surface area contributed by atoms with Crippen LogP contribution >= 0.6 is 0 Å². The van der Waals surface area contributed by atoms with Gasteiger partial charge in [0.1, 0.15) is 17.3 Å². The number of nitrogen functional groups attached to an aromatic ring is 1. The monoisotopic (exact) mass is 566 g/mol. The molecule has 42 heavy (non-hydrogen) atoms. The summed E-state index contributed by atoms with van der Waals surface area (Å²) in [5, 5.41) is 3.24. The van der Waals surface area contributed by atoms with Crippen molar-refractivity contribution in [2.45, 2.75) is 12.8 Å². The molecule has 212 valence electrons. The van der Waals surface area contributed by atoms with Crippen molar-refractivity contribution in [2.24, 2.45) is 7.05 Å². The summed E-state index contributed by atoms with van der Waals surface area (Å²) in [6.07, 6.45) is 3.11. The Hall–Kier alpha value is -5.32. The van der Waals surface area contributed by atoms with Gasteiger partial charge in [0.25, 0.3) is 11.5 Å². The van der Waals surface area contributed by atoms with Gasteiger partial charge in [-0.1, -0.05) is 36.9 Å². The lowest BCUT2D eigenvalue weighted by molar-refractivity contribution is -0.0266. The van der Waals surface area contributed by atoms with Crippen LogP contribution in [0.3, 0.4) is 0 Å². The molecule has 0 unspecified atom stereocenters. The number of alkyl halides is 2. The Labute approximate surface area is 240 Å². The molecule has 0 spiro atoms.